The van der Waals surface area contributed by atoms with E-state index in [0.29, 0.717) is 38.0 Å². The first-order valence-electron chi connectivity index (χ1n) is 9.47. The second-order valence-electron chi connectivity index (χ2n) is 7.42. The minimum absolute atomic E-state index is 0.407. The van der Waals surface area contributed by atoms with E-state index in [0.717, 1.165) is 37.2 Å². The summed E-state index contributed by atoms with van der Waals surface area (Å²) < 4.78 is 0. The van der Waals surface area contributed by atoms with Crippen molar-refractivity contribution in [2.24, 2.45) is 0 Å². The van der Waals surface area contributed by atoms with Crippen LogP contribution in [0.1, 0.15) is 0 Å². The van der Waals surface area contributed by atoms with E-state index in [2.05, 4.69) is 38.9 Å². The number of nitrogen functional groups attached to an aromatic ring is 1. The summed E-state index contributed by atoms with van der Waals surface area (Å²) in [6, 6.07) is 9.84. The Morgan fingerprint density at radius 3 is 2.59 bits per heavy atom. The van der Waals surface area contributed by atoms with Crippen LogP contribution in [0.2, 0.25) is 10.0 Å². The Kier molecular flexibility index (Phi) is 4.50. The molecule has 0 radical (unpaired) electrons. The van der Waals surface area contributed by atoms with E-state index in [1.54, 1.807) is 12.3 Å². The third-order valence-electron chi connectivity index (χ3n) is 5.55. The summed E-state index contributed by atoms with van der Waals surface area (Å²) in [7, 11) is 2.16. The molecule has 0 atom stereocenters. The average molecular weight is 427 g/mol. The van der Waals surface area contributed by atoms with Crippen LogP contribution in [0.5, 0.6) is 0 Å². The first-order chi connectivity index (χ1) is 14.0. The Hall–Kier alpha value is -2.54. The summed E-state index contributed by atoms with van der Waals surface area (Å²) in [4.78, 5) is 17.4. The zero-order valence-corrected chi connectivity index (χ0v) is 17.4. The number of nitrogens with one attached hydrogen (secondary N) is 1. The van der Waals surface area contributed by atoms with Gasteiger partial charge in [-0.1, -0.05) is 23.2 Å². The normalized spacial score (nSPS) is 15.5. The lowest BCUT2D eigenvalue weighted by Gasteiger charge is -2.34. The molecule has 2 aromatic carbocycles. The maximum absolute atomic E-state index is 6.45. The molecular weight excluding hydrogens is 407 g/mol. The number of hydrogen-bond donors (Lipinski definition) is 2. The molecule has 1 fully saturated rings. The van der Waals surface area contributed by atoms with Crippen LogP contribution < -0.4 is 10.6 Å². The number of nitrogens with two attached hydrogens (primary N) is 1. The lowest BCUT2D eigenvalue weighted by molar-refractivity contribution is 0.313. The van der Waals surface area contributed by atoms with Crippen LogP contribution in [-0.4, -0.2) is 53.1 Å². The standard InChI is InChI=1S/C21H20Cl2N6/c1-28-6-8-29(9-7-28)12-2-4-15-17(10-12)27-21(26-15)13-11-25-16-5-3-14(22)19(23)18(16)20(13)24/h2-5,10-11H,6-9H2,1H3,(H2,24,25)(H,26,27). The minimum Gasteiger partial charge on any atom is -0.397 e. The molecule has 5 rings (SSSR count). The largest absolute Gasteiger partial charge is 0.397 e. The van der Waals surface area contributed by atoms with Crippen molar-refractivity contribution in [1.82, 2.24) is 19.9 Å². The third-order valence-corrected chi connectivity index (χ3v) is 6.36. The first kappa shape index (κ1) is 18.5. The predicted octanol–water partition coefficient (Wildman–Crippen LogP) is 4.42. The van der Waals surface area contributed by atoms with Gasteiger partial charge < -0.3 is 20.5 Å². The molecule has 0 amide bonds. The summed E-state index contributed by atoms with van der Waals surface area (Å²) in [5.74, 6) is 0.665. The monoisotopic (exact) mass is 426 g/mol. The first-order valence-corrected chi connectivity index (χ1v) is 10.2. The number of aromatic amines is 1. The Balaban J connectivity index is 1.57. The lowest BCUT2D eigenvalue weighted by atomic mass is 10.1. The molecule has 29 heavy (non-hydrogen) atoms. The number of imidazole rings is 1. The zero-order valence-electron chi connectivity index (χ0n) is 15.9. The summed E-state index contributed by atoms with van der Waals surface area (Å²) in [6.45, 7) is 4.16. The van der Waals surface area contributed by atoms with Gasteiger partial charge in [0, 0.05) is 43.4 Å². The van der Waals surface area contributed by atoms with Crippen LogP contribution in [-0.2, 0) is 0 Å². The number of hydrogen-bond acceptors (Lipinski definition) is 5. The number of nitrogens with zero attached hydrogens (tertiary/aromatic N) is 4. The quantitative estimate of drug-likeness (QED) is 0.496. The number of benzene rings is 2. The number of anilines is 2. The van der Waals surface area contributed by atoms with E-state index in [1.165, 1.54) is 5.69 Å². The molecule has 1 aliphatic rings. The van der Waals surface area contributed by atoms with Crippen molar-refractivity contribution in [3.8, 4) is 11.4 Å². The fourth-order valence-electron chi connectivity index (χ4n) is 3.82. The number of rotatable bonds is 2. The van der Waals surface area contributed by atoms with Crippen LogP contribution >= 0.6 is 23.2 Å². The number of H-pyrrole nitrogens is 1. The molecular formula is C21H20Cl2N6. The molecule has 1 aliphatic heterocycles. The third kappa shape index (κ3) is 3.17. The second kappa shape index (κ2) is 7.06. The van der Waals surface area contributed by atoms with E-state index in [4.69, 9.17) is 33.9 Å². The molecule has 2 aromatic heterocycles. The number of piperazine rings is 1. The van der Waals surface area contributed by atoms with Crippen LogP contribution in [0.4, 0.5) is 11.4 Å². The van der Waals surface area contributed by atoms with Gasteiger partial charge in [-0.05, 0) is 37.4 Å². The van der Waals surface area contributed by atoms with Crippen molar-refractivity contribution >= 4 is 56.5 Å². The lowest BCUT2D eigenvalue weighted by Crippen LogP contribution is -2.44. The number of likely N-dealkylation sites (N-methyl/N-ethyl adjacent to an activating group) is 1. The van der Waals surface area contributed by atoms with Crippen molar-refractivity contribution < 1.29 is 0 Å². The van der Waals surface area contributed by atoms with Gasteiger partial charge in [0.25, 0.3) is 0 Å². The Labute approximate surface area is 178 Å². The Morgan fingerprint density at radius 2 is 1.79 bits per heavy atom. The second-order valence-corrected chi connectivity index (χ2v) is 8.20. The van der Waals surface area contributed by atoms with Gasteiger partial charge in [0.15, 0.2) is 0 Å². The van der Waals surface area contributed by atoms with Crippen LogP contribution in [0, 0.1) is 0 Å². The van der Waals surface area contributed by atoms with Gasteiger partial charge in [-0.3, -0.25) is 4.98 Å². The van der Waals surface area contributed by atoms with Gasteiger partial charge in [0.1, 0.15) is 5.82 Å². The summed E-state index contributed by atoms with van der Waals surface area (Å²) in [5.41, 5.74) is 11.4. The number of aromatic nitrogens is 3. The van der Waals surface area contributed by atoms with Crippen molar-refractivity contribution in [2.75, 3.05) is 43.9 Å². The Morgan fingerprint density at radius 1 is 1.03 bits per heavy atom. The maximum atomic E-state index is 6.45. The van der Waals surface area contributed by atoms with Gasteiger partial charge in [0.05, 0.1) is 37.8 Å². The molecule has 0 unspecified atom stereocenters. The van der Waals surface area contributed by atoms with Crippen molar-refractivity contribution in [3.63, 3.8) is 0 Å². The van der Waals surface area contributed by atoms with Crippen molar-refractivity contribution in [1.29, 1.82) is 0 Å². The summed E-state index contributed by atoms with van der Waals surface area (Å²) >= 11 is 12.6. The number of fused-ring (bicyclic) bond motifs is 2. The summed E-state index contributed by atoms with van der Waals surface area (Å²) in [5, 5.41) is 1.51. The molecule has 3 heterocycles. The molecule has 1 saturated heterocycles. The van der Waals surface area contributed by atoms with Crippen LogP contribution in [0.25, 0.3) is 33.3 Å². The fourth-order valence-corrected chi connectivity index (χ4v) is 4.24. The summed E-state index contributed by atoms with van der Waals surface area (Å²) in [6.07, 6.45) is 1.72. The van der Waals surface area contributed by atoms with E-state index in [9.17, 15) is 0 Å². The minimum atomic E-state index is 0.407. The molecule has 0 bridgehead atoms. The highest BCUT2D eigenvalue weighted by molar-refractivity contribution is 6.46. The number of pyridine rings is 1. The highest BCUT2D eigenvalue weighted by Crippen LogP contribution is 2.38. The zero-order chi connectivity index (χ0) is 20.1. The molecule has 148 valence electrons. The SMILES string of the molecule is CN1CCN(c2ccc3nc(-c4cnc5ccc(Cl)c(Cl)c5c4N)[nH]c3c2)CC1. The van der Waals surface area contributed by atoms with Gasteiger partial charge in [-0.15, -0.1) is 0 Å². The van der Waals surface area contributed by atoms with Crippen molar-refractivity contribution in [2.45, 2.75) is 0 Å². The predicted molar refractivity (Wildman–Crippen MR) is 121 cm³/mol. The number of halogens is 2. The highest BCUT2D eigenvalue weighted by Gasteiger charge is 2.17. The highest BCUT2D eigenvalue weighted by atomic mass is 35.5. The molecule has 0 aliphatic carbocycles. The van der Waals surface area contributed by atoms with Gasteiger partial charge in [-0.2, -0.15) is 0 Å². The van der Waals surface area contributed by atoms with E-state index >= 15 is 0 Å². The molecule has 0 spiro atoms. The maximum Gasteiger partial charge on any atom is 0.142 e. The molecule has 0 saturated carbocycles. The molecule has 8 heteroatoms. The van der Waals surface area contributed by atoms with Gasteiger partial charge in [0.2, 0.25) is 0 Å². The average Bonchev–Trinajstić information content (AvgIpc) is 3.14. The van der Waals surface area contributed by atoms with Crippen LogP contribution in [0.15, 0.2) is 36.5 Å². The van der Waals surface area contributed by atoms with E-state index < -0.39 is 0 Å². The van der Waals surface area contributed by atoms with E-state index in [-0.39, 0.29) is 0 Å². The topological polar surface area (TPSA) is 74.1 Å². The molecule has 3 N–H and O–H groups in total. The van der Waals surface area contributed by atoms with Crippen molar-refractivity contribution in [3.05, 3.63) is 46.6 Å². The molecule has 4 aromatic rings. The fraction of sp³-hybridized carbons (Fsp3) is 0.238. The Bertz CT molecular complexity index is 1230. The van der Waals surface area contributed by atoms with E-state index in [1.807, 2.05) is 12.1 Å². The van der Waals surface area contributed by atoms with Gasteiger partial charge in [-0.25, -0.2) is 4.98 Å². The van der Waals surface area contributed by atoms with Crippen LogP contribution in [0.3, 0.4) is 0 Å². The van der Waals surface area contributed by atoms with Gasteiger partial charge >= 0.3 is 0 Å². The smallest absolute Gasteiger partial charge is 0.142 e. The molecule has 6 nitrogen and oxygen atoms in total.